The zero-order valence-electron chi connectivity index (χ0n) is 12.9. The number of carbonyl (C=O) groups excluding carboxylic acids is 1. The molecule has 0 fully saturated rings. The summed E-state index contributed by atoms with van der Waals surface area (Å²) < 4.78 is 37.6. The molecular weight excluding hydrogens is 298 g/mol. The summed E-state index contributed by atoms with van der Waals surface area (Å²) >= 11 is 0. The van der Waals surface area contributed by atoms with Gasteiger partial charge in [0, 0.05) is 12.3 Å². The second kappa shape index (κ2) is 6.87. The summed E-state index contributed by atoms with van der Waals surface area (Å²) in [7, 11) is 1.39. The van der Waals surface area contributed by atoms with E-state index in [0.29, 0.717) is 0 Å². The highest BCUT2D eigenvalue weighted by Crippen LogP contribution is 2.31. The first-order valence-electron chi connectivity index (χ1n) is 6.57. The maximum Gasteiger partial charge on any atom is 0.408 e. The van der Waals surface area contributed by atoms with Gasteiger partial charge in [0.25, 0.3) is 5.92 Å². The number of alkyl carbamates (subject to hydrolysis) is 1. The van der Waals surface area contributed by atoms with Gasteiger partial charge in [-0.15, -0.1) is 0 Å². The molecule has 0 bridgehead atoms. The number of amides is 1. The van der Waals surface area contributed by atoms with Crippen molar-refractivity contribution in [2.45, 2.75) is 38.3 Å². The van der Waals surface area contributed by atoms with Gasteiger partial charge in [-0.3, -0.25) is 0 Å². The smallest absolute Gasteiger partial charge is 0.408 e. The lowest BCUT2D eigenvalue weighted by Gasteiger charge is -2.28. The van der Waals surface area contributed by atoms with Crippen molar-refractivity contribution >= 4 is 6.09 Å². The number of nitrogens with zero attached hydrogens (tertiary/aromatic N) is 1. The van der Waals surface area contributed by atoms with Crippen molar-refractivity contribution in [1.82, 2.24) is 10.3 Å². The maximum absolute atomic E-state index is 13.9. The van der Waals surface area contributed by atoms with Crippen LogP contribution < -0.4 is 10.1 Å². The van der Waals surface area contributed by atoms with Crippen molar-refractivity contribution in [3.8, 4) is 5.88 Å². The van der Waals surface area contributed by atoms with Gasteiger partial charge in [-0.05, 0) is 32.4 Å². The second-order valence-corrected chi connectivity index (χ2v) is 5.63. The summed E-state index contributed by atoms with van der Waals surface area (Å²) in [6.45, 7) is 3.40. The van der Waals surface area contributed by atoms with Crippen molar-refractivity contribution < 1.29 is 28.2 Å². The number of aliphatic hydroxyl groups excluding tert-OH is 1. The number of hydrogen-bond donors (Lipinski definition) is 2. The number of aromatic nitrogens is 1. The summed E-state index contributed by atoms with van der Waals surface area (Å²) in [6, 6.07) is 0.940. The number of rotatable bonds is 5. The molecule has 0 radical (unpaired) electrons. The predicted molar refractivity (Wildman–Crippen MR) is 74.9 cm³/mol. The molecule has 1 rings (SSSR count). The molecule has 1 aromatic heterocycles. The van der Waals surface area contributed by atoms with Crippen LogP contribution in [0.15, 0.2) is 18.3 Å². The van der Waals surface area contributed by atoms with Crippen LogP contribution in [0.4, 0.5) is 13.6 Å². The Morgan fingerprint density at radius 2 is 2.05 bits per heavy atom. The van der Waals surface area contributed by atoms with Gasteiger partial charge < -0.3 is 19.9 Å². The number of alkyl halides is 2. The van der Waals surface area contributed by atoms with E-state index >= 15 is 0 Å². The zero-order chi connectivity index (χ0) is 17.0. The highest BCUT2D eigenvalue weighted by Gasteiger charge is 2.42. The van der Waals surface area contributed by atoms with Gasteiger partial charge >= 0.3 is 6.09 Å². The Hall–Kier alpha value is -1.96. The summed E-state index contributed by atoms with van der Waals surface area (Å²) in [5, 5.41) is 11.0. The van der Waals surface area contributed by atoms with Crippen LogP contribution in [0, 0.1) is 0 Å². The van der Waals surface area contributed by atoms with E-state index in [0.717, 1.165) is 6.20 Å². The first-order valence-corrected chi connectivity index (χ1v) is 6.57. The van der Waals surface area contributed by atoms with E-state index in [1.54, 1.807) is 20.8 Å². The number of halogens is 2. The molecule has 6 nitrogen and oxygen atoms in total. The van der Waals surface area contributed by atoms with Gasteiger partial charge in [0.05, 0.1) is 7.11 Å². The molecule has 0 saturated heterocycles. The van der Waals surface area contributed by atoms with Gasteiger partial charge in [-0.1, -0.05) is 0 Å². The molecule has 2 N–H and O–H groups in total. The fourth-order valence-electron chi connectivity index (χ4n) is 1.63. The molecule has 0 aliphatic carbocycles. The van der Waals surface area contributed by atoms with Crippen molar-refractivity contribution in [3.63, 3.8) is 0 Å². The van der Waals surface area contributed by atoms with Crippen molar-refractivity contribution in [2.75, 3.05) is 13.7 Å². The fourth-order valence-corrected chi connectivity index (χ4v) is 1.63. The Morgan fingerprint density at radius 1 is 1.41 bits per heavy atom. The quantitative estimate of drug-likeness (QED) is 0.870. The molecule has 1 unspecified atom stereocenters. The Balaban J connectivity index is 3.00. The molecule has 124 valence electrons. The molecule has 1 amide bonds. The van der Waals surface area contributed by atoms with Crippen molar-refractivity contribution in [1.29, 1.82) is 0 Å². The fraction of sp³-hybridized carbons (Fsp3) is 0.571. The lowest BCUT2D eigenvalue weighted by molar-refractivity contribution is -0.0816. The number of hydrogen-bond acceptors (Lipinski definition) is 5. The van der Waals surface area contributed by atoms with Gasteiger partial charge in [0.1, 0.15) is 18.2 Å². The van der Waals surface area contributed by atoms with Crippen LogP contribution in [0.1, 0.15) is 32.4 Å². The SMILES string of the molecule is COc1ccc(C(NC(=O)OC(C)(C)C)C(F)(F)CO)cn1. The van der Waals surface area contributed by atoms with E-state index in [1.807, 2.05) is 0 Å². The molecule has 0 saturated carbocycles. The topological polar surface area (TPSA) is 80.7 Å². The third kappa shape index (κ3) is 5.10. The molecule has 0 aromatic carbocycles. The Morgan fingerprint density at radius 3 is 2.45 bits per heavy atom. The first kappa shape index (κ1) is 18.1. The van der Waals surface area contributed by atoms with Gasteiger partial charge in [0.2, 0.25) is 5.88 Å². The minimum absolute atomic E-state index is 0.0192. The Labute approximate surface area is 127 Å². The van der Waals surface area contributed by atoms with Crippen molar-refractivity contribution in [2.24, 2.45) is 0 Å². The van der Waals surface area contributed by atoms with E-state index < -0.39 is 30.3 Å². The van der Waals surface area contributed by atoms with Crippen LogP contribution in [0.5, 0.6) is 5.88 Å². The first-order chi connectivity index (χ1) is 10.1. The molecule has 0 aliphatic rings. The van der Waals surface area contributed by atoms with E-state index in [1.165, 1.54) is 19.2 Å². The number of ether oxygens (including phenoxy) is 2. The molecule has 1 heterocycles. The minimum atomic E-state index is -3.58. The van der Waals surface area contributed by atoms with Gasteiger partial charge in [-0.25, -0.2) is 18.6 Å². The minimum Gasteiger partial charge on any atom is -0.481 e. The third-order valence-electron chi connectivity index (χ3n) is 2.60. The molecule has 8 heteroatoms. The zero-order valence-corrected chi connectivity index (χ0v) is 12.9. The summed E-state index contributed by atoms with van der Waals surface area (Å²) in [4.78, 5) is 15.6. The number of aliphatic hydroxyl groups is 1. The summed E-state index contributed by atoms with van der Waals surface area (Å²) in [5.41, 5.74) is -0.813. The average molecular weight is 318 g/mol. The van der Waals surface area contributed by atoms with Gasteiger partial charge in [-0.2, -0.15) is 0 Å². The Bertz CT molecular complexity index is 501. The van der Waals surface area contributed by atoms with E-state index in [4.69, 9.17) is 14.6 Å². The maximum atomic E-state index is 13.9. The van der Waals surface area contributed by atoms with Crippen LogP contribution in [0.25, 0.3) is 0 Å². The molecule has 0 aliphatic heterocycles. The molecule has 22 heavy (non-hydrogen) atoms. The van der Waals surface area contributed by atoms with E-state index in [2.05, 4.69) is 10.3 Å². The van der Waals surface area contributed by atoms with E-state index in [-0.39, 0.29) is 11.4 Å². The summed E-state index contributed by atoms with van der Waals surface area (Å²) in [6.07, 6.45) is 0.131. The van der Waals surface area contributed by atoms with Crippen LogP contribution in [-0.4, -0.2) is 41.4 Å². The number of pyridine rings is 1. The molecular formula is C14H20F2N2O4. The molecule has 1 atom stereocenters. The lowest BCUT2D eigenvalue weighted by Crippen LogP contribution is -2.44. The average Bonchev–Trinajstić information content (AvgIpc) is 2.43. The normalized spacial score (nSPS) is 13.4. The highest BCUT2D eigenvalue weighted by atomic mass is 19.3. The monoisotopic (exact) mass is 318 g/mol. The van der Waals surface area contributed by atoms with Crippen LogP contribution >= 0.6 is 0 Å². The standard InChI is InChI=1S/C14H20F2N2O4/c1-13(2,3)22-12(20)18-11(14(15,16)8-19)9-5-6-10(21-4)17-7-9/h5-7,11,19H,8H2,1-4H3,(H,18,20). The number of methoxy groups -OCH3 is 1. The Kier molecular flexibility index (Phi) is 5.65. The predicted octanol–water partition coefficient (Wildman–Crippen LogP) is 2.28. The molecule has 0 spiro atoms. The van der Waals surface area contributed by atoms with Gasteiger partial charge in [0.15, 0.2) is 0 Å². The van der Waals surface area contributed by atoms with Crippen molar-refractivity contribution in [3.05, 3.63) is 23.9 Å². The second-order valence-electron chi connectivity index (χ2n) is 5.63. The largest absolute Gasteiger partial charge is 0.481 e. The van der Waals surface area contributed by atoms with Crippen LogP contribution in [-0.2, 0) is 4.74 Å². The number of nitrogens with one attached hydrogen (secondary N) is 1. The summed E-state index contributed by atoms with van der Waals surface area (Å²) in [5.74, 6) is -3.33. The highest BCUT2D eigenvalue weighted by molar-refractivity contribution is 5.68. The number of carbonyl (C=O) groups is 1. The van der Waals surface area contributed by atoms with Crippen LogP contribution in [0.2, 0.25) is 0 Å². The van der Waals surface area contributed by atoms with E-state index in [9.17, 15) is 13.6 Å². The third-order valence-corrected chi connectivity index (χ3v) is 2.60. The lowest BCUT2D eigenvalue weighted by atomic mass is 10.0. The van der Waals surface area contributed by atoms with Crippen LogP contribution in [0.3, 0.4) is 0 Å². The molecule has 1 aromatic rings.